The summed E-state index contributed by atoms with van der Waals surface area (Å²) in [7, 11) is 0. The van der Waals surface area contributed by atoms with Gasteiger partial charge in [-0.2, -0.15) is 5.10 Å². The minimum absolute atomic E-state index is 0.0834. The van der Waals surface area contributed by atoms with Gasteiger partial charge in [0.2, 0.25) is 5.91 Å². The molecule has 3 saturated heterocycles. The molecule has 2 bridgehead atoms. The molecule has 6 nitrogen and oxygen atoms in total. The maximum atomic E-state index is 13.9. The monoisotopic (exact) mass is 401 g/mol. The first-order chi connectivity index (χ1) is 14.0. The molecule has 1 aromatic carbocycles. The fourth-order valence-corrected chi connectivity index (χ4v) is 5.64. The number of likely N-dealkylation sites (tertiary alicyclic amines) is 1. The van der Waals surface area contributed by atoms with Crippen molar-refractivity contribution in [2.75, 3.05) is 13.1 Å². The van der Waals surface area contributed by atoms with Gasteiger partial charge >= 0.3 is 0 Å². The number of halogens is 2. The van der Waals surface area contributed by atoms with Gasteiger partial charge in [-0.05, 0) is 30.7 Å². The van der Waals surface area contributed by atoms with Gasteiger partial charge in [-0.15, -0.1) is 0 Å². The second-order valence-electron chi connectivity index (χ2n) is 8.45. The normalized spacial score (nSPS) is 28.3. The first kappa shape index (κ1) is 18.7. The molecule has 0 saturated carbocycles. The average Bonchev–Trinajstić information content (AvgIpc) is 3.47. The zero-order valence-electron chi connectivity index (χ0n) is 16.4. The van der Waals surface area contributed by atoms with Crippen molar-refractivity contribution in [2.24, 2.45) is 11.8 Å². The number of hydrogen-bond donors (Lipinski definition) is 1. The molecule has 8 heteroatoms. The van der Waals surface area contributed by atoms with E-state index in [4.69, 9.17) is 0 Å². The number of nitrogens with zero attached hydrogens (tertiary/aromatic N) is 4. The van der Waals surface area contributed by atoms with Crippen LogP contribution in [0.5, 0.6) is 0 Å². The van der Waals surface area contributed by atoms with Gasteiger partial charge in [-0.3, -0.25) is 14.8 Å². The Hall–Kier alpha value is -2.35. The van der Waals surface area contributed by atoms with Gasteiger partial charge in [0, 0.05) is 37.2 Å². The quantitative estimate of drug-likeness (QED) is 0.835. The molecule has 2 aromatic rings. The van der Waals surface area contributed by atoms with E-state index in [0.29, 0.717) is 37.0 Å². The molecule has 154 valence electrons. The van der Waals surface area contributed by atoms with E-state index in [1.165, 1.54) is 12.1 Å². The van der Waals surface area contributed by atoms with Crippen molar-refractivity contribution in [3.05, 3.63) is 47.0 Å². The number of carbonyl (C=O) groups is 1. The molecule has 29 heavy (non-hydrogen) atoms. The van der Waals surface area contributed by atoms with Gasteiger partial charge in [-0.25, -0.2) is 13.8 Å². The minimum Gasteiger partial charge on any atom is -0.342 e. The molecule has 5 rings (SSSR count). The van der Waals surface area contributed by atoms with Crippen LogP contribution in [0.15, 0.2) is 18.2 Å². The Balaban J connectivity index is 1.25. The Morgan fingerprint density at radius 2 is 1.93 bits per heavy atom. The van der Waals surface area contributed by atoms with Crippen LogP contribution in [0.4, 0.5) is 8.78 Å². The van der Waals surface area contributed by atoms with Crippen LogP contribution in [0, 0.1) is 23.5 Å². The number of carbonyl (C=O) groups excluding carboxylic acids is 1. The number of fused-ring (bicyclic) bond motifs is 5. The van der Waals surface area contributed by atoms with Crippen molar-refractivity contribution in [3.8, 4) is 0 Å². The van der Waals surface area contributed by atoms with Crippen molar-refractivity contribution >= 4 is 5.91 Å². The Labute approximate surface area is 168 Å². The van der Waals surface area contributed by atoms with Crippen molar-refractivity contribution in [1.82, 2.24) is 25.0 Å². The largest absolute Gasteiger partial charge is 0.342 e. The predicted octanol–water partition coefficient (Wildman–Crippen LogP) is 2.31. The number of H-pyrrole nitrogens is 1. The number of aromatic amines is 1. The Bertz CT molecular complexity index is 912. The number of hydrogen-bond acceptors (Lipinski definition) is 4. The number of amides is 1. The van der Waals surface area contributed by atoms with Gasteiger partial charge in [0.25, 0.3) is 0 Å². The van der Waals surface area contributed by atoms with Crippen molar-refractivity contribution < 1.29 is 13.6 Å². The second kappa shape index (κ2) is 7.16. The van der Waals surface area contributed by atoms with Gasteiger partial charge < -0.3 is 4.90 Å². The van der Waals surface area contributed by atoms with E-state index in [1.54, 1.807) is 0 Å². The van der Waals surface area contributed by atoms with Gasteiger partial charge in [-0.1, -0.05) is 19.1 Å². The lowest BCUT2D eigenvalue weighted by molar-refractivity contribution is -0.130. The Morgan fingerprint density at radius 1 is 1.21 bits per heavy atom. The Kier molecular flexibility index (Phi) is 4.61. The summed E-state index contributed by atoms with van der Waals surface area (Å²) >= 11 is 0. The van der Waals surface area contributed by atoms with Crippen LogP contribution in [0.1, 0.15) is 37.0 Å². The second-order valence-corrected chi connectivity index (χ2v) is 8.45. The highest BCUT2D eigenvalue weighted by Crippen LogP contribution is 2.49. The molecule has 1 amide bonds. The summed E-state index contributed by atoms with van der Waals surface area (Å²) in [5.74, 6) is 0.720. The third-order valence-electron chi connectivity index (χ3n) is 6.96. The zero-order chi connectivity index (χ0) is 20.1. The number of aryl methyl sites for hydroxylation is 1. The number of benzene rings is 1. The van der Waals surface area contributed by atoms with E-state index in [-0.39, 0.29) is 17.9 Å². The highest BCUT2D eigenvalue weighted by molar-refractivity contribution is 5.79. The molecule has 1 N–H and O–H groups in total. The first-order valence-corrected chi connectivity index (χ1v) is 10.4. The van der Waals surface area contributed by atoms with Gasteiger partial charge in [0.05, 0.1) is 13.0 Å². The van der Waals surface area contributed by atoms with Crippen LogP contribution in [-0.4, -0.2) is 56.1 Å². The number of nitrogens with one attached hydrogen (secondary N) is 1. The minimum atomic E-state index is -0.912. The average molecular weight is 401 g/mol. The van der Waals surface area contributed by atoms with E-state index in [2.05, 4.69) is 20.1 Å². The molecular formula is C21H25F2N5O. The Morgan fingerprint density at radius 3 is 2.59 bits per heavy atom. The molecule has 0 aliphatic carbocycles. The van der Waals surface area contributed by atoms with Crippen LogP contribution in [-0.2, 0) is 24.2 Å². The molecule has 0 radical (unpaired) electrons. The molecule has 3 fully saturated rings. The molecule has 0 unspecified atom stereocenters. The fraction of sp³-hybridized carbons (Fsp3) is 0.571. The van der Waals surface area contributed by atoms with Crippen molar-refractivity contribution in [1.29, 1.82) is 0 Å². The third kappa shape index (κ3) is 3.13. The van der Waals surface area contributed by atoms with E-state index < -0.39 is 11.6 Å². The molecular weight excluding hydrogens is 376 g/mol. The van der Waals surface area contributed by atoms with E-state index >= 15 is 0 Å². The standard InChI is InChI=1S/C21H25F2N5O/c1-2-18-24-19(26-25-18)11-28-16-6-7-17(28)14-10-27(9-13(14)16)20(29)8-12-4-3-5-15(22)21(12)23/h3-5,13-14,16-17H,2,6-11H2,1H3,(H,24,25,26)/t13-,14+,16-,17+. The van der Waals surface area contributed by atoms with E-state index in [9.17, 15) is 13.6 Å². The molecule has 3 aliphatic heterocycles. The highest BCUT2D eigenvalue weighted by atomic mass is 19.2. The summed E-state index contributed by atoms with van der Waals surface area (Å²) in [5.41, 5.74) is 0.133. The molecule has 1 aromatic heterocycles. The molecule has 4 heterocycles. The number of aromatic nitrogens is 3. The molecule has 3 aliphatic rings. The summed E-state index contributed by atoms with van der Waals surface area (Å²) in [6.07, 6.45) is 3.01. The predicted molar refractivity (Wildman–Crippen MR) is 102 cm³/mol. The zero-order valence-corrected chi connectivity index (χ0v) is 16.4. The van der Waals surface area contributed by atoms with Crippen LogP contribution in [0.3, 0.4) is 0 Å². The lowest BCUT2D eigenvalue weighted by Gasteiger charge is -2.26. The van der Waals surface area contributed by atoms with Crippen molar-refractivity contribution in [3.63, 3.8) is 0 Å². The molecule has 0 spiro atoms. The maximum Gasteiger partial charge on any atom is 0.227 e. The summed E-state index contributed by atoms with van der Waals surface area (Å²) in [5, 5.41) is 7.28. The molecule has 4 atom stereocenters. The summed E-state index contributed by atoms with van der Waals surface area (Å²) < 4.78 is 27.4. The SMILES string of the molecule is CCc1n[nH]c(CN2[C@@H]3CC[C@H]2[C@H]2CN(C(=O)Cc4cccc(F)c4F)C[C@H]23)n1. The summed E-state index contributed by atoms with van der Waals surface area (Å²) in [6.45, 7) is 4.22. The lowest BCUT2D eigenvalue weighted by Crippen LogP contribution is -2.38. The smallest absolute Gasteiger partial charge is 0.227 e. The van der Waals surface area contributed by atoms with E-state index in [1.807, 2.05) is 11.8 Å². The first-order valence-electron chi connectivity index (χ1n) is 10.4. The fourth-order valence-electron chi connectivity index (χ4n) is 5.64. The lowest BCUT2D eigenvalue weighted by atomic mass is 9.82. The maximum absolute atomic E-state index is 13.9. The highest BCUT2D eigenvalue weighted by Gasteiger charge is 2.56. The summed E-state index contributed by atoms with van der Waals surface area (Å²) in [6, 6.07) is 4.91. The van der Waals surface area contributed by atoms with Crippen LogP contribution >= 0.6 is 0 Å². The van der Waals surface area contributed by atoms with Crippen molar-refractivity contribution in [2.45, 2.75) is 51.2 Å². The van der Waals surface area contributed by atoms with Crippen LogP contribution in [0.2, 0.25) is 0 Å². The summed E-state index contributed by atoms with van der Waals surface area (Å²) in [4.78, 5) is 21.7. The van der Waals surface area contributed by atoms with E-state index in [0.717, 1.165) is 43.5 Å². The van der Waals surface area contributed by atoms with Gasteiger partial charge in [0.15, 0.2) is 11.6 Å². The third-order valence-corrected chi connectivity index (χ3v) is 6.96. The van der Waals surface area contributed by atoms with Crippen LogP contribution < -0.4 is 0 Å². The topological polar surface area (TPSA) is 65.1 Å². The van der Waals surface area contributed by atoms with Gasteiger partial charge in [0.1, 0.15) is 11.6 Å². The number of rotatable bonds is 5. The van der Waals surface area contributed by atoms with Crippen LogP contribution in [0.25, 0.3) is 0 Å².